The van der Waals surface area contributed by atoms with Crippen molar-refractivity contribution >= 4 is 5.96 Å². The monoisotopic (exact) mass is 225 g/mol. The highest BCUT2D eigenvalue weighted by Gasteiger charge is 2.49. The lowest BCUT2D eigenvalue weighted by Gasteiger charge is -2.19. The molecule has 1 fully saturated rings. The number of guanidine groups is 1. The molecule has 0 aliphatic carbocycles. The van der Waals surface area contributed by atoms with Crippen LogP contribution in [0.15, 0.2) is 0 Å². The topological polar surface area (TPSA) is 62.3 Å². The van der Waals surface area contributed by atoms with E-state index in [-0.39, 0.29) is 25.7 Å². The smallest absolute Gasteiger partial charge is 0.384 e. The Hall–Kier alpha value is -0.980. The molecular formula is C8H14F3N3O. The fourth-order valence-electron chi connectivity index (χ4n) is 1.82. The third-order valence-corrected chi connectivity index (χ3v) is 2.58. The zero-order chi connectivity index (χ0) is 11.6. The Morgan fingerprint density at radius 2 is 2.13 bits per heavy atom. The van der Waals surface area contributed by atoms with E-state index in [1.807, 2.05) is 0 Å². The van der Waals surface area contributed by atoms with Crippen molar-refractivity contribution in [1.29, 1.82) is 5.41 Å². The molecule has 1 aliphatic rings. The van der Waals surface area contributed by atoms with E-state index in [9.17, 15) is 13.2 Å². The molecule has 0 unspecified atom stereocenters. The predicted octanol–water partition coefficient (Wildman–Crippen LogP) is 0.637. The quantitative estimate of drug-likeness (QED) is 0.535. The van der Waals surface area contributed by atoms with Gasteiger partial charge in [0, 0.05) is 26.1 Å². The van der Waals surface area contributed by atoms with Crippen LogP contribution in [0.25, 0.3) is 0 Å². The molecule has 0 aromatic rings. The number of rotatable bonds is 2. The standard InChI is InChI=1S/C8H14F3N3O/c1-15-4-5-2-14(7(12)13)3-6(5)8(9,10)11/h5-6H,2-4H2,1H3,(H3,12,13)/t5-,6+/m0/s1. The lowest BCUT2D eigenvalue weighted by Crippen LogP contribution is -2.36. The molecule has 0 spiro atoms. The van der Waals surface area contributed by atoms with Gasteiger partial charge in [0.2, 0.25) is 0 Å². The molecule has 2 atom stereocenters. The summed E-state index contributed by atoms with van der Waals surface area (Å²) in [6.45, 7) is -0.0752. The van der Waals surface area contributed by atoms with Crippen LogP contribution in [0.2, 0.25) is 0 Å². The Labute approximate surface area is 85.7 Å². The van der Waals surface area contributed by atoms with E-state index in [1.54, 1.807) is 0 Å². The van der Waals surface area contributed by atoms with Gasteiger partial charge in [0.25, 0.3) is 0 Å². The van der Waals surface area contributed by atoms with Crippen LogP contribution in [-0.2, 0) is 4.74 Å². The van der Waals surface area contributed by atoms with Gasteiger partial charge in [-0.05, 0) is 0 Å². The largest absolute Gasteiger partial charge is 0.393 e. The zero-order valence-corrected chi connectivity index (χ0v) is 8.34. The molecule has 15 heavy (non-hydrogen) atoms. The van der Waals surface area contributed by atoms with E-state index < -0.39 is 18.0 Å². The molecule has 1 heterocycles. The van der Waals surface area contributed by atoms with Gasteiger partial charge in [-0.2, -0.15) is 13.2 Å². The van der Waals surface area contributed by atoms with E-state index in [0.29, 0.717) is 0 Å². The van der Waals surface area contributed by atoms with Crippen LogP contribution in [-0.4, -0.2) is 43.8 Å². The van der Waals surface area contributed by atoms with E-state index in [4.69, 9.17) is 15.9 Å². The number of hydrogen-bond donors (Lipinski definition) is 2. The molecule has 3 N–H and O–H groups in total. The van der Waals surface area contributed by atoms with E-state index in [1.165, 1.54) is 12.0 Å². The Morgan fingerprint density at radius 1 is 1.53 bits per heavy atom. The van der Waals surface area contributed by atoms with Crippen LogP contribution in [0.5, 0.6) is 0 Å². The maximum atomic E-state index is 12.6. The molecule has 0 bridgehead atoms. The van der Waals surface area contributed by atoms with Gasteiger partial charge in [-0.3, -0.25) is 5.41 Å². The number of nitrogens with zero attached hydrogens (tertiary/aromatic N) is 1. The van der Waals surface area contributed by atoms with Crippen molar-refractivity contribution < 1.29 is 17.9 Å². The highest BCUT2D eigenvalue weighted by molar-refractivity contribution is 5.74. The number of alkyl halides is 3. The lowest BCUT2D eigenvalue weighted by molar-refractivity contribution is -0.183. The fourth-order valence-corrected chi connectivity index (χ4v) is 1.82. The molecule has 0 amide bonds. The molecule has 0 aromatic heterocycles. The molecule has 0 aromatic carbocycles. The first-order chi connectivity index (χ1) is 6.86. The second-order valence-corrected chi connectivity index (χ2v) is 3.65. The average Bonchev–Trinajstić information content (AvgIpc) is 2.48. The van der Waals surface area contributed by atoms with E-state index in [2.05, 4.69) is 0 Å². The van der Waals surface area contributed by atoms with Crippen molar-refractivity contribution in [2.24, 2.45) is 17.6 Å². The summed E-state index contributed by atoms with van der Waals surface area (Å²) in [6.07, 6.45) is -4.26. The molecule has 1 aliphatic heterocycles. The third kappa shape index (κ3) is 2.74. The van der Waals surface area contributed by atoms with Crippen molar-refractivity contribution in [3.05, 3.63) is 0 Å². The van der Waals surface area contributed by atoms with Crippen LogP contribution in [0, 0.1) is 17.2 Å². The molecule has 4 nitrogen and oxygen atoms in total. The van der Waals surface area contributed by atoms with Crippen molar-refractivity contribution in [2.45, 2.75) is 6.18 Å². The van der Waals surface area contributed by atoms with E-state index in [0.717, 1.165) is 0 Å². The minimum atomic E-state index is -4.26. The average molecular weight is 225 g/mol. The summed E-state index contributed by atoms with van der Waals surface area (Å²) < 4.78 is 42.5. The van der Waals surface area contributed by atoms with Crippen molar-refractivity contribution in [3.8, 4) is 0 Å². The minimum Gasteiger partial charge on any atom is -0.384 e. The first kappa shape index (κ1) is 12.1. The number of nitrogens with two attached hydrogens (primary N) is 1. The lowest BCUT2D eigenvalue weighted by atomic mass is 9.96. The number of ether oxygens (including phenoxy) is 1. The summed E-state index contributed by atoms with van der Waals surface area (Å²) in [6, 6.07) is 0. The molecule has 7 heteroatoms. The number of methoxy groups -OCH3 is 1. The van der Waals surface area contributed by atoms with Gasteiger partial charge >= 0.3 is 6.18 Å². The highest BCUT2D eigenvalue weighted by Crippen LogP contribution is 2.37. The summed E-state index contributed by atoms with van der Waals surface area (Å²) >= 11 is 0. The van der Waals surface area contributed by atoms with Crippen LogP contribution >= 0.6 is 0 Å². The second kappa shape index (κ2) is 4.26. The summed E-state index contributed by atoms with van der Waals surface area (Å²) in [5, 5.41) is 7.10. The third-order valence-electron chi connectivity index (χ3n) is 2.58. The molecular weight excluding hydrogens is 211 g/mol. The molecule has 88 valence electrons. The Morgan fingerprint density at radius 3 is 2.53 bits per heavy atom. The maximum Gasteiger partial charge on any atom is 0.393 e. The Bertz CT molecular complexity index is 244. The van der Waals surface area contributed by atoms with Crippen LogP contribution in [0.3, 0.4) is 0 Å². The maximum absolute atomic E-state index is 12.6. The number of likely N-dealkylation sites (tertiary alicyclic amines) is 1. The van der Waals surface area contributed by atoms with Gasteiger partial charge in [-0.1, -0.05) is 0 Å². The fraction of sp³-hybridized carbons (Fsp3) is 0.875. The van der Waals surface area contributed by atoms with Crippen molar-refractivity contribution in [1.82, 2.24) is 4.90 Å². The second-order valence-electron chi connectivity index (χ2n) is 3.65. The van der Waals surface area contributed by atoms with Gasteiger partial charge in [-0.25, -0.2) is 0 Å². The summed E-state index contributed by atoms with van der Waals surface area (Å²) in [7, 11) is 1.36. The zero-order valence-electron chi connectivity index (χ0n) is 8.34. The van der Waals surface area contributed by atoms with Gasteiger partial charge in [0.05, 0.1) is 12.5 Å². The van der Waals surface area contributed by atoms with Gasteiger partial charge in [0.15, 0.2) is 5.96 Å². The molecule has 0 saturated carbocycles. The SMILES string of the molecule is COC[C@@H]1CN(C(=N)N)C[C@H]1C(F)(F)F. The Kier molecular flexibility index (Phi) is 3.43. The Balaban J connectivity index is 2.72. The summed E-state index contributed by atoms with van der Waals surface area (Å²) in [4.78, 5) is 1.22. The van der Waals surface area contributed by atoms with Crippen LogP contribution in [0.4, 0.5) is 13.2 Å². The van der Waals surface area contributed by atoms with Crippen LogP contribution in [0.1, 0.15) is 0 Å². The van der Waals surface area contributed by atoms with Crippen molar-refractivity contribution in [2.75, 3.05) is 26.8 Å². The minimum absolute atomic E-state index is 0.0357. The van der Waals surface area contributed by atoms with Crippen molar-refractivity contribution in [3.63, 3.8) is 0 Å². The first-order valence-electron chi connectivity index (χ1n) is 4.51. The van der Waals surface area contributed by atoms with Gasteiger partial charge in [-0.15, -0.1) is 0 Å². The molecule has 1 saturated heterocycles. The number of hydrogen-bond acceptors (Lipinski definition) is 2. The van der Waals surface area contributed by atoms with E-state index >= 15 is 0 Å². The van der Waals surface area contributed by atoms with Gasteiger partial charge in [0.1, 0.15) is 0 Å². The molecule has 1 rings (SSSR count). The van der Waals surface area contributed by atoms with Crippen LogP contribution < -0.4 is 5.73 Å². The predicted molar refractivity (Wildman–Crippen MR) is 48.4 cm³/mol. The normalized spacial score (nSPS) is 27.1. The highest BCUT2D eigenvalue weighted by atomic mass is 19.4. The van der Waals surface area contributed by atoms with Gasteiger partial charge < -0.3 is 15.4 Å². The summed E-state index contributed by atoms with van der Waals surface area (Å²) in [5.41, 5.74) is 5.16. The molecule has 0 radical (unpaired) electrons. The number of nitrogens with one attached hydrogen (secondary N) is 1. The first-order valence-corrected chi connectivity index (χ1v) is 4.51. The summed E-state index contributed by atoms with van der Waals surface area (Å²) in [5.74, 6) is -2.41. The number of halogens is 3.